The Morgan fingerprint density at radius 1 is 1.25 bits per heavy atom. The summed E-state index contributed by atoms with van der Waals surface area (Å²) in [6.45, 7) is 0. The minimum absolute atomic E-state index is 0.206. The van der Waals surface area contributed by atoms with Crippen LogP contribution in [0.1, 0.15) is 17.7 Å². The van der Waals surface area contributed by atoms with Crippen LogP contribution >= 0.6 is 15.9 Å². The zero-order chi connectivity index (χ0) is 14.4. The molecular formula is C16H18BrFN2. The first-order valence-electron chi connectivity index (χ1n) is 6.70. The molecule has 0 aliphatic heterocycles. The molecule has 4 heteroatoms. The topological polar surface area (TPSA) is 24.9 Å². The maximum Gasteiger partial charge on any atom is 0.137 e. The van der Waals surface area contributed by atoms with Crippen LogP contribution in [0.25, 0.3) is 0 Å². The third-order valence-corrected chi connectivity index (χ3v) is 4.27. The van der Waals surface area contributed by atoms with E-state index >= 15 is 0 Å². The molecule has 1 N–H and O–H groups in total. The number of hydrogen-bond donors (Lipinski definition) is 1. The van der Waals surface area contributed by atoms with Gasteiger partial charge in [0, 0.05) is 17.9 Å². The first-order chi connectivity index (χ1) is 9.70. The van der Waals surface area contributed by atoms with E-state index in [0.717, 1.165) is 30.5 Å². The Hall–Kier alpha value is -1.26. The maximum absolute atomic E-state index is 13.5. The number of halogens is 2. The van der Waals surface area contributed by atoms with Crippen LogP contribution in [-0.2, 0) is 12.8 Å². The molecule has 0 radical (unpaired) electrons. The standard InChI is InChI=1S/C16H18BrFN2/c1-19-14(9-8-13-6-2-3-10-20-13)11-12-5-4-7-15(18)16(12)17/h2-7,10,14,19H,8-9,11H2,1H3. The first-order valence-corrected chi connectivity index (χ1v) is 7.50. The van der Waals surface area contributed by atoms with Crippen molar-refractivity contribution in [1.29, 1.82) is 0 Å². The molecule has 0 aliphatic carbocycles. The summed E-state index contributed by atoms with van der Waals surface area (Å²) in [6, 6.07) is 11.4. The van der Waals surface area contributed by atoms with E-state index < -0.39 is 0 Å². The number of benzene rings is 1. The predicted molar refractivity (Wildman–Crippen MR) is 83.2 cm³/mol. The molecular weight excluding hydrogens is 319 g/mol. The van der Waals surface area contributed by atoms with Gasteiger partial charge in [-0.05, 0) is 66.0 Å². The van der Waals surface area contributed by atoms with Crippen molar-refractivity contribution in [1.82, 2.24) is 10.3 Å². The maximum atomic E-state index is 13.5. The molecule has 2 aromatic rings. The molecule has 0 aliphatic rings. The second-order valence-electron chi connectivity index (χ2n) is 4.76. The Morgan fingerprint density at radius 2 is 2.10 bits per heavy atom. The molecule has 0 fully saturated rings. The number of pyridine rings is 1. The van der Waals surface area contributed by atoms with Crippen molar-refractivity contribution in [3.05, 3.63) is 64.1 Å². The Labute approximate surface area is 127 Å². The van der Waals surface area contributed by atoms with Crippen molar-refractivity contribution in [3.8, 4) is 0 Å². The molecule has 0 spiro atoms. The Kier molecular flexibility index (Phi) is 5.68. The second kappa shape index (κ2) is 7.50. The lowest BCUT2D eigenvalue weighted by atomic mass is 10.0. The van der Waals surface area contributed by atoms with Crippen LogP contribution in [0.5, 0.6) is 0 Å². The number of hydrogen-bond acceptors (Lipinski definition) is 2. The van der Waals surface area contributed by atoms with Gasteiger partial charge in [-0.25, -0.2) is 4.39 Å². The average molecular weight is 337 g/mol. The number of aromatic nitrogens is 1. The molecule has 1 aromatic heterocycles. The number of nitrogens with zero attached hydrogens (tertiary/aromatic N) is 1. The van der Waals surface area contributed by atoms with Crippen LogP contribution in [0, 0.1) is 5.82 Å². The van der Waals surface area contributed by atoms with Gasteiger partial charge in [-0.15, -0.1) is 0 Å². The number of rotatable bonds is 6. The van der Waals surface area contributed by atoms with E-state index in [4.69, 9.17) is 0 Å². The van der Waals surface area contributed by atoms with Gasteiger partial charge < -0.3 is 5.32 Å². The highest BCUT2D eigenvalue weighted by molar-refractivity contribution is 9.10. The van der Waals surface area contributed by atoms with Crippen LogP contribution in [-0.4, -0.2) is 18.1 Å². The van der Waals surface area contributed by atoms with Gasteiger partial charge in [0.15, 0.2) is 0 Å². The molecule has 2 rings (SSSR count). The Morgan fingerprint density at radius 3 is 2.80 bits per heavy atom. The third kappa shape index (κ3) is 4.12. The van der Waals surface area contributed by atoms with Crippen LogP contribution < -0.4 is 5.32 Å². The highest BCUT2D eigenvalue weighted by atomic mass is 79.9. The molecule has 1 unspecified atom stereocenters. The number of likely N-dealkylation sites (N-methyl/N-ethyl adjacent to an activating group) is 1. The van der Waals surface area contributed by atoms with Gasteiger partial charge in [-0.1, -0.05) is 18.2 Å². The average Bonchev–Trinajstić information content (AvgIpc) is 2.49. The van der Waals surface area contributed by atoms with Gasteiger partial charge >= 0.3 is 0 Å². The van der Waals surface area contributed by atoms with Crippen LogP contribution in [0.4, 0.5) is 4.39 Å². The fourth-order valence-electron chi connectivity index (χ4n) is 2.19. The van der Waals surface area contributed by atoms with Gasteiger partial charge in [-0.3, -0.25) is 4.98 Å². The van der Waals surface area contributed by atoms with E-state index in [1.807, 2.05) is 37.5 Å². The summed E-state index contributed by atoms with van der Waals surface area (Å²) in [7, 11) is 1.94. The lowest BCUT2D eigenvalue weighted by Gasteiger charge is -2.17. The smallest absolute Gasteiger partial charge is 0.137 e. The Bertz CT molecular complexity index is 545. The Balaban J connectivity index is 1.97. The van der Waals surface area contributed by atoms with Gasteiger partial charge in [-0.2, -0.15) is 0 Å². The minimum Gasteiger partial charge on any atom is -0.317 e. The molecule has 0 saturated heterocycles. The van der Waals surface area contributed by atoms with Crippen LogP contribution in [0.15, 0.2) is 47.1 Å². The van der Waals surface area contributed by atoms with E-state index in [1.54, 1.807) is 6.07 Å². The van der Waals surface area contributed by atoms with E-state index in [1.165, 1.54) is 6.07 Å². The van der Waals surface area contributed by atoms with Crippen molar-refractivity contribution in [2.75, 3.05) is 7.05 Å². The fourth-order valence-corrected chi connectivity index (χ4v) is 2.61. The summed E-state index contributed by atoms with van der Waals surface area (Å²) in [5, 5.41) is 3.30. The highest BCUT2D eigenvalue weighted by Gasteiger charge is 2.12. The van der Waals surface area contributed by atoms with Crippen molar-refractivity contribution in [3.63, 3.8) is 0 Å². The SMILES string of the molecule is CNC(CCc1ccccn1)Cc1cccc(F)c1Br. The van der Waals surface area contributed by atoms with Gasteiger partial charge in [0.2, 0.25) is 0 Å². The third-order valence-electron chi connectivity index (χ3n) is 3.38. The van der Waals surface area contributed by atoms with Crippen molar-refractivity contribution in [2.45, 2.75) is 25.3 Å². The lowest BCUT2D eigenvalue weighted by Crippen LogP contribution is -2.28. The van der Waals surface area contributed by atoms with Crippen molar-refractivity contribution < 1.29 is 4.39 Å². The normalized spacial score (nSPS) is 12.3. The molecule has 2 nitrogen and oxygen atoms in total. The molecule has 1 aromatic carbocycles. The molecule has 0 amide bonds. The zero-order valence-electron chi connectivity index (χ0n) is 11.4. The summed E-state index contributed by atoms with van der Waals surface area (Å²) >= 11 is 3.32. The summed E-state index contributed by atoms with van der Waals surface area (Å²) in [4.78, 5) is 4.33. The largest absolute Gasteiger partial charge is 0.317 e. The van der Waals surface area contributed by atoms with E-state index in [-0.39, 0.29) is 5.82 Å². The lowest BCUT2D eigenvalue weighted by molar-refractivity contribution is 0.514. The van der Waals surface area contributed by atoms with E-state index in [9.17, 15) is 4.39 Å². The van der Waals surface area contributed by atoms with Crippen LogP contribution in [0.2, 0.25) is 0 Å². The summed E-state index contributed by atoms with van der Waals surface area (Å²) < 4.78 is 14.1. The van der Waals surface area contributed by atoms with Gasteiger partial charge in [0.1, 0.15) is 5.82 Å². The highest BCUT2D eigenvalue weighted by Crippen LogP contribution is 2.22. The number of nitrogens with one attached hydrogen (secondary N) is 1. The van der Waals surface area contributed by atoms with Crippen molar-refractivity contribution in [2.24, 2.45) is 0 Å². The molecule has 0 bridgehead atoms. The first kappa shape index (κ1) is 15.1. The fraction of sp³-hybridized carbons (Fsp3) is 0.312. The summed E-state index contributed by atoms with van der Waals surface area (Å²) in [6.07, 6.45) is 4.49. The molecule has 1 heterocycles. The minimum atomic E-state index is -0.206. The molecule has 106 valence electrons. The quantitative estimate of drug-likeness (QED) is 0.868. The van der Waals surface area contributed by atoms with Crippen LogP contribution in [0.3, 0.4) is 0 Å². The van der Waals surface area contributed by atoms with Gasteiger partial charge in [0.25, 0.3) is 0 Å². The number of aryl methyl sites for hydroxylation is 1. The van der Waals surface area contributed by atoms with Crippen molar-refractivity contribution >= 4 is 15.9 Å². The second-order valence-corrected chi connectivity index (χ2v) is 5.56. The molecule has 0 saturated carbocycles. The summed E-state index contributed by atoms with van der Waals surface area (Å²) in [5.41, 5.74) is 2.08. The van der Waals surface area contributed by atoms with Gasteiger partial charge in [0.05, 0.1) is 4.47 Å². The van der Waals surface area contributed by atoms with E-state index in [0.29, 0.717) is 10.5 Å². The monoisotopic (exact) mass is 336 g/mol. The zero-order valence-corrected chi connectivity index (χ0v) is 13.0. The molecule has 20 heavy (non-hydrogen) atoms. The summed E-state index contributed by atoms with van der Waals surface area (Å²) in [5.74, 6) is -0.206. The molecule has 1 atom stereocenters. The predicted octanol–water partition coefficient (Wildman–Crippen LogP) is 3.75. The van der Waals surface area contributed by atoms with E-state index in [2.05, 4.69) is 26.2 Å².